The van der Waals surface area contributed by atoms with E-state index >= 15 is 0 Å². The van der Waals surface area contributed by atoms with E-state index in [0.29, 0.717) is 69.7 Å². The van der Waals surface area contributed by atoms with Gasteiger partial charge in [0.15, 0.2) is 0 Å². The molecule has 0 spiro atoms. The Morgan fingerprint density at radius 3 is 2.18 bits per heavy atom. The van der Waals surface area contributed by atoms with Crippen LogP contribution in [0.1, 0.15) is 115 Å². The zero-order valence-electron chi connectivity index (χ0n) is 45.9. The molecule has 2 aromatic heterocycles. The number of likely N-dealkylation sites (tertiary alicyclic amines) is 1. The van der Waals surface area contributed by atoms with Gasteiger partial charge in [-0.15, -0.1) is 4.91 Å². The summed E-state index contributed by atoms with van der Waals surface area (Å²) in [6.07, 6.45) is 13.6. The van der Waals surface area contributed by atoms with E-state index in [1.807, 2.05) is 30.3 Å². The van der Waals surface area contributed by atoms with E-state index in [0.717, 1.165) is 106 Å². The van der Waals surface area contributed by atoms with Crippen molar-refractivity contribution in [1.29, 1.82) is 0 Å². The Balaban J connectivity index is 0.000000386. The molecule has 2 aliphatic carbocycles. The number of aldehydes is 2. The normalized spacial score (nSPS) is 19.5. The summed E-state index contributed by atoms with van der Waals surface area (Å²) in [7, 11) is 8.78. The number of aromatic nitrogens is 3. The van der Waals surface area contributed by atoms with Crippen molar-refractivity contribution in [2.45, 2.75) is 140 Å². The smallest absolute Gasteiger partial charge is 0.379 e. The lowest BCUT2D eigenvalue weighted by molar-refractivity contribution is -0.137. The number of benzene rings is 1. The third kappa shape index (κ3) is 23.6. The van der Waals surface area contributed by atoms with Gasteiger partial charge in [0.1, 0.15) is 30.8 Å². The number of likely N-dealkylation sites (N-methyl/N-ethyl adjacent to an activating group) is 2. The predicted octanol–water partition coefficient (Wildman–Crippen LogP) is 6.20. The van der Waals surface area contributed by atoms with Crippen molar-refractivity contribution in [3.63, 3.8) is 0 Å². The van der Waals surface area contributed by atoms with Crippen LogP contribution < -0.4 is 21.7 Å². The Labute approximate surface area is 447 Å². The second-order valence-corrected chi connectivity index (χ2v) is 19.0. The first-order valence-corrected chi connectivity index (χ1v) is 26.3. The van der Waals surface area contributed by atoms with Crippen molar-refractivity contribution in [2.24, 2.45) is 16.9 Å². The molecular weight excluding hydrogens is 990 g/mol. The molecule has 2 unspecified atom stereocenters. The van der Waals surface area contributed by atoms with Crippen LogP contribution in [-0.2, 0) is 39.6 Å². The van der Waals surface area contributed by atoms with Crippen LogP contribution in [0, 0.1) is 10.8 Å². The molecule has 0 radical (unpaired) electrons. The summed E-state index contributed by atoms with van der Waals surface area (Å²) in [5, 5.41) is 12.8. The van der Waals surface area contributed by atoms with Gasteiger partial charge in [-0.2, -0.15) is 13.2 Å². The minimum atomic E-state index is -4.45. The maximum absolute atomic E-state index is 13.2. The molecule has 1 aromatic carbocycles. The number of hydrogen-bond acceptors (Lipinski definition) is 16. The highest BCUT2D eigenvalue weighted by molar-refractivity contribution is 5.93. The van der Waals surface area contributed by atoms with Crippen LogP contribution >= 0.6 is 0 Å². The van der Waals surface area contributed by atoms with Gasteiger partial charge in [-0.1, -0.05) is 19.4 Å². The number of anilines is 1. The van der Waals surface area contributed by atoms with Crippen molar-refractivity contribution in [1.82, 2.24) is 45.3 Å². The van der Waals surface area contributed by atoms with Gasteiger partial charge in [-0.3, -0.25) is 24.4 Å². The Morgan fingerprint density at radius 1 is 0.947 bits per heavy atom. The highest BCUT2D eigenvalue weighted by Crippen LogP contribution is 2.34. The molecule has 5 N–H and O–H groups in total. The van der Waals surface area contributed by atoms with Crippen molar-refractivity contribution in [3.05, 3.63) is 65.1 Å². The maximum Gasteiger partial charge on any atom is 0.416 e. The lowest BCUT2D eigenvalue weighted by Gasteiger charge is -2.39. The molecule has 1 saturated heterocycles. The fraction of sp³-hybridized carbons (Fsp3) is 0.660. The first-order chi connectivity index (χ1) is 36.5. The van der Waals surface area contributed by atoms with E-state index in [-0.39, 0.29) is 53.6 Å². The molecule has 3 aromatic rings. The van der Waals surface area contributed by atoms with Crippen molar-refractivity contribution < 1.29 is 46.6 Å². The number of alkyl halides is 3. The molecule has 3 amide bonds. The van der Waals surface area contributed by atoms with E-state index in [1.54, 1.807) is 18.1 Å². The molecule has 76 heavy (non-hydrogen) atoms. The van der Waals surface area contributed by atoms with E-state index in [9.17, 15) is 42.1 Å². The first kappa shape index (κ1) is 66.4. The van der Waals surface area contributed by atoms with Gasteiger partial charge in [0.25, 0.3) is 0 Å². The molecule has 3 fully saturated rings. The number of nitroso groups, excluding NO2 is 1. The SMILES string of the molecule is CC(C)N(C)C1CCC(N2CCC(Nc3ncnc4ccc(C(F)(F)F)cc34)C2=O)CC1.CCCC(c1cccnc1)N(C)C=O.CN.CN(CC=O)N=O.CNCCOCCOCCC(=O)NC1CCC(C=O)CC1. The van der Waals surface area contributed by atoms with Crippen LogP contribution in [0.2, 0.25) is 0 Å². The fourth-order valence-corrected chi connectivity index (χ4v) is 8.94. The van der Waals surface area contributed by atoms with Gasteiger partial charge in [0.05, 0.1) is 55.4 Å². The number of nitrogens with two attached hydrogens (primary N) is 1. The summed E-state index contributed by atoms with van der Waals surface area (Å²) in [6, 6.07) is 8.46. The van der Waals surface area contributed by atoms with Crippen molar-refractivity contribution in [2.75, 3.05) is 86.6 Å². The van der Waals surface area contributed by atoms with E-state index in [4.69, 9.17) is 9.47 Å². The van der Waals surface area contributed by atoms with Crippen LogP contribution in [0.15, 0.2) is 54.3 Å². The van der Waals surface area contributed by atoms with Gasteiger partial charge >= 0.3 is 6.18 Å². The predicted molar refractivity (Wildman–Crippen MR) is 288 cm³/mol. The third-order valence-electron chi connectivity index (χ3n) is 13.4. The summed E-state index contributed by atoms with van der Waals surface area (Å²) >= 11 is 0. The molecule has 2 atom stereocenters. The number of ether oxygens (including phenoxy) is 2. The third-order valence-corrected chi connectivity index (χ3v) is 13.4. The molecule has 426 valence electrons. The lowest BCUT2D eigenvalue weighted by Crippen LogP contribution is -2.46. The summed E-state index contributed by atoms with van der Waals surface area (Å²) in [5.74, 6) is 0.484. The average molecular weight is 1080 g/mol. The zero-order valence-corrected chi connectivity index (χ0v) is 45.9. The summed E-state index contributed by atoms with van der Waals surface area (Å²) in [5.41, 5.74) is 5.25. The van der Waals surface area contributed by atoms with Crippen molar-refractivity contribution >= 4 is 47.5 Å². The van der Waals surface area contributed by atoms with Crippen LogP contribution in [-0.4, -0.2) is 177 Å². The minimum absolute atomic E-state index is 0.00408. The molecule has 3 aliphatic rings. The monoisotopic (exact) mass is 1070 g/mol. The molecule has 0 bridgehead atoms. The lowest BCUT2D eigenvalue weighted by atomic mass is 9.87. The molecular formula is C53H85F3N12O8. The molecule has 3 heterocycles. The second-order valence-electron chi connectivity index (χ2n) is 19.0. The van der Waals surface area contributed by atoms with Crippen LogP contribution in [0.5, 0.6) is 0 Å². The minimum Gasteiger partial charge on any atom is -0.379 e. The number of amides is 3. The standard InChI is InChI=1S/C23H30F3N5O.C15H28N2O4.C11H16N2O.C3H6N2O2.CH5N/c1-14(2)30(3)16-5-7-17(8-6-16)31-11-10-20(22(31)32)29-21-18-12-15(23(24,25)26)4-9-19(18)27-13-28-21;1-16-7-9-21-11-10-20-8-6-15(19)17-14-4-2-13(12-18)3-5-14;1-3-5-11(13(2)9-14)10-6-4-7-12-8-10;1-5(4-7)2-3-6;1-2/h4,9,12-14,16-17,20H,5-8,10-11H2,1-3H3,(H,27,28,29);12-14,16H,2-11H2,1H3,(H,17,19);4,6-9,11H,3,5H2,1-2H3;3H,2H2,1H3;2H2,1H3. The van der Waals surface area contributed by atoms with Crippen LogP contribution in [0.3, 0.4) is 0 Å². The molecule has 20 nitrogen and oxygen atoms in total. The summed E-state index contributed by atoms with van der Waals surface area (Å²) in [4.78, 5) is 83.5. The quantitative estimate of drug-likeness (QED) is 0.0338. The maximum atomic E-state index is 13.2. The first-order valence-electron chi connectivity index (χ1n) is 26.3. The number of rotatable bonds is 24. The van der Waals surface area contributed by atoms with Gasteiger partial charge in [0, 0.05) is 81.5 Å². The largest absolute Gasteiger partial charge is 0.416 e. The zero-order chi connectivity index (χ0) is 56.5. The molecule has 6 rings (SSSR count). The van der Waals surface area contributed by atoms with Gasteiger partial charge in [-0.05, 0) is 129 Å². The van der Waals surface area contributed by atoms with E-state index in [1.165, 1.54) is 26.5 Å². The Kier molecular flexibility index (Phi) is 32.4. The number of pyridine rings is 1. The Morgan fingerprint density at radius 2 is 1.63 bits per heavy atom. The highest BCUT2D eigenvalue weighted by atomic mass is 19.4. The van der Waals surface area contributed by atoms with Gasteiger partial charge in [0.2, 0.25) is 18.2 Å². The van der Waals surface area contributed by atoms with Crippen LogP contribution in [0.25, 0.3) is 10.9 Å². The highest BCUT2D eigenvalue weighted by Gasteiger charge is 2.39. The van der Waals surface area contributed by atoms with Crippen molar-refractivity contribution in [3.8, 4) is 0 Å². The number of hydrogen-bond donors (Lipinski definition) is 4. The number of nitrogens with one attached hydrogen (secondary N) is 3. The second kappa shape index (κ2) is 37.1. The summed E-state index contributed by atoms with van der Waals surface area (Å²) in [6.45, 7) is 10.2. The van der Waals surface area contributed by atoms with E-state index in [2.05, 4.69) is 74.6 Å². The van der Waals surface area contributed by atoms with Gasteiger partial charge in [-0.25, -0.2) is 9.97 Å². The van der Waals surface area contributed by atoms with E-state index < -0.39 is 17.8 Å². The topological polar surface area (TPSA) is 247 Å². The summed E-state index contributed by atoms with van der Waals surface area (Å²) < 4.78 is 50.2. The number of carbonyl (C=O) groups excluding carboxylic acids is 5. The molecule has 23 heteroatoms. The number of fused-ring (bicyclic) bond motifs is 1. The average Bonchev–Trinajstić information content (AvgIpc) is 3.80. The van der Waals surface area contributed by atoms with Crippen LogP contribution in [0.4, 0.5) is 19.0 Å². The Bertz CT molecular complexity index is 2120. The number of carbonyl (C=O) groups is 5. The van der Waals surface area contributed by atoms with Gasteiger partial charge < -0.3 is 55.4 Å². The Hall–Kier alpha value is -5.75. The number of halogens is 3. The number of nitrogens with zero attached hydrogens (tertiary/aromatic N) is 8. The molecule has 1 aliphatic heterocycles. The fourth-order valence-electron chi connectivity index (χ4n) is 8.94. The molecule has 2 saturated carbocycles.